The summed E-state index contributed by atoms with van der Waals surface area (Å²) in [5, 5.41) is 12.6. The number of carbonyl (C=O) groups excluding carboxylic acids is 3. The van der Waals surface area contributed by atoms with Crippen molar-refractivity contribution in [2.24, 2.45) is 22.2 Å². The molecule has 0 aliphatic carbocycles. The Bertz CT molecular complexity index is 1430. The molecule has 0 spiro atoms. The van der Waals surface area contributed by atoms with Crippen LogP contribution in [0.15, 0.2) is 89.9 Å². The highest BCUT2D eigenvalue weighted by molar-refractivity contribution is 5.99. The monoisotopic (exact) mass is 614 g/mol. The Balaban J connectivity index is 0.000000860. The summed E-state index contributed by atoms with van der Waals surface area (Å²) in [5.74, 6) is -4.42. The van der Waals surface area contributed by atoms with E-state index in [0.29, 0.717) is 12.0 Å². The van der Waals surface area contributed by atoms with Gasteiger partial charge in [0.25, 0.3) is 5.91 Å². The van der Waals surface area contributed by atoms with Gasteiger partial charge in [0.1, 0.15) is 12.1 Å². The van der Waals surface area contributed by atoms with E-state index in [2.05, 4.69) is 15.6 Å². The Morgan fingerprint density at radius 1 is 0.795 bits per heavy atom. The molecule has 0 fully saturated rings. The van der Waals surface area contributed by atoms with Crippen LogP contribution in [0.5, 0.6) is 0 Å². The van der Waals surface area contributed by atoms with Crippen LogP contribution in [0, 0.1) is 0 Å². The van der Waals surface area contributed by atoms with Crippen LogP contribution >= 0.6 is 0 Å². The molecule has 0 saturated carbocycles. The Hall–Kier alpha value is -5.40. The molecule has 0 bridgehead atoms. The lowest BCUT2D eigenvalue weighted by Crippen LogP contribution is -2.53. The van der Waals surface area contributed by atoms with Crippen molar-refractivity contribution in [1.82, 2.24) is 10.6 Å². The van der Waals surface area contributed by atoms with Crippen LogP contribution < -0.4 is 27.8 Å². The molecule has 9 N–H and O–H groups in total. The zero-order valence-electron chi connectivity index (χ0n) is 23.5. The maximum Gasteiger partial charge on any atom is 0.490 e. The van der Waals surface area contributed by atoms with E-state index < -0.39 is 42.0 Å². The predicted octanol–water partition coefficient (Wildman–Crippen LogP) is 2.35. The number of aliphatic imine (C=N–C) groups is 1. The Labute approximate surface area is 251 Å². The first-order valence-corrected chi connectivity index (χ1v) is 13.2. The number of aliphatic carboxylic acids is 1. The van der Waals surface area contributed by atoms with Gasteiger partial charge in [-0.2, -0.15) is 13.2 Å². The number of carbonyl (C=O) groups is 4. The third-order valence-electron chi connectivity index (χ3n) is 5.98. The van der Waals surface area contributed by atoms with Crippen molar-refractivity contribution in [2.75, 3.05) is 6.54 Å². The fraction of sp³-hybridized carbons (Fsp3) is 0.233. The van der Waals surface area contributed by atoms with E-state index >= 15 is 0 Å². The van der Waals surface area contributed by atoms with Gasteiger partial charge in [-0.15, -0.1) is 0 Å². The second-order valence-electron chi connectivity index (χ2n) is 9.38. The van der Waals surface area contributed by atoms with E-state index in [9.17, 15) is 27.6 Å². The molecule has 0 aromatic heterocycles. The second-order valence-corrected chi connectivity index (χ2v) is 9.38. The number of nitrogens with zero attached hydrogens (tertiary/aromatic N) is 1. The molecule has 0 saturated heterocycles. The van der Waals surface area contributed by atoms with Gasteiger partial charge in [-0.1, -0.05) is 72.8 Å². The maximum absolute atomic E-state index is 13.2. The van der Waals surface area contributed by atoms with Crippen molar-refractivity contribution in [3.63, 3.8) is 0 Å². The maximum atomic E-state index is 13.2. The SMILES string of the molecule is NC(=O)[C@H](Cc1ccccc1)NC(=O)[C@@H](CCCN=C(N)N)NC(=O)c1cccc(-c2ccccc2)c1.O=C(O)C(F)(F)F. The summed E-state index contributed by atoms with van der Waals surface area (Å²) < 4.78 is 31.7. The number of hydrogen-bond acceptors (Lipinski definition) is 5. The summed E-state index contributed by atoms with van der Waals surface area (Å²) in [6, 6.07) is 24.2. The van der Waals surface area contributed by atoms with Crippen LogP contribution in [-0.2, 0) is 20.8 Å². The minimum Gasteiger partial charge on any atom is -0.475 e. The highest BCUT2D eigenvalue weighted by Crippen LogP contribution is 2.20. The van der Waals surface area contributed by atoms with Gasteiger partial charge < -0.3 is 32.9 Å². The minimum absolute atomic E-state index is 0.0561. The third kappa shape index (κ3) is 12.2. The molecule has 3 rings (SSSR count). The molecule has 14 heteroatoms. The first-order valence-electron chi connectivity index (χ1n) is 13.2. The van der Waals surface area contributed by atoms with Crippen LogP contribution in [0.25, 0.3) is 11.1 Å². The Morgan fingerprint density at radius 2 is 1.36 bits per heavy atom. The molecule has 44 heavy (non-hydrogen) atoms. The number of carboxylic acids is 1. The summed E-state index contributed by atoms with van der Waals surface area (Å²) in [4.78, 5) is 51.3. The van der Waals surface area contributed by atoms with Crippen LogP contribution in [0.2, 0.25) is 0 Å². The quantitative estimate of drug-likeness (QED) is 0.102. The summed E-state index contributed by atoms with van der Waals surface area (Å²) in [6.45, 7) is 0.286. The summed E-state index contributed by atoms with van der Waals surface area (Å²) in [6.07, 6.45) is -4.17. The Morgan fingerprint density at radius 3 is 1.91 bits per heavy atom. The number of guanidine groups is 1. The minimum atomic E-state index is -5.08. The van der Waals surface area contributed by atoms with Crippen LogP contribution in [0.1, 0.15) is 28.8 Å². The van der Waals surface area contributed by atoms with Gasteiger partial charge >= 0.3 is 12.1 Å². The lowest BCUT2D eigenvalue weighted by molar-refractivity contribution is -0.192. The molecule has 0 heterocycles. The zero-order valence-corrected chi connectivity index (χ0v) is 23.5. The van der Waals surface area contributed by atoms with Crippen molar-refractivity contribution in [3.8, 4) is 11.1 Å². The third-order valence-corrected chi connectivity index (χ3v) is 5.98. The van der Waals surface area contributed by atoms with E-state index in [0.717, 1.165) is 16.7 Å². The molecular formula is C30H33F3N6O5. The second kappa shape index (κ2) is 16.9. The normalized spacial score (nSPS) is 12.0. The summed E-state index contributed by atoms with van der Waals surface area (Å²) >= 11 is 0. The lowest BCUT2D eigenvalue weighted by atomic mass is 10.0. The van der Waals surface area contributed by atoms with Gasteiger partial charge in [-0.3, -0.25) is 19.4 Å². The lowest BCUT2D eigenvalue weighted by Gasteiger charge is -2.22. The van der Waals surface area contributed by atoms with Gasteiger partial charge in [0.2, 0.25) is 11.8 Å². The van der Waals surface area contributed by atoms with Gasteiger partial charge in [0.05, 0.1) is 0 Å². The summed E-state index contributed by atoms with van der Waals surface area (Å²) in [7, 11) is 0. The van der Waals surface area contributed by atoms with Crippen LogP contribution in [0.3, 0.4) is 0 Å². The van der Waals surface area contributed by atoms with Crippen molar-refractivity contribution in [3.05, 3.63) is 96.1 Å². The Kier molecular flexibility index (Phi) is 13.4. The number of nitrogens with one attached hydrogen (secondary N) is 2. The molecule has 3 amide bonds. The fourth-order valence-corrected chi connectivity index (χ4v) is 3.83. The number of hydrogen-bond donors (Lipinski definition) is 6. The van der Waals surface area contributed by atoms with Gasteiger partial charge in [-0.05, 0) is 41.7 Å². The number of halogens is 3. The highest BCUT2D eigenvalue weighted by Gasteiger charge is 2.38. The number of amides is 3. The number of rotatable bonds is 12. The number of alkyl halides is 3. The van der Waals surface area contributed by atoms with Crippen LogP contribution in [0.4, 0.5) is 13.2 Å². The highest BCUT2D eigenvalue weighted by atomic mass is 19.4. The van der Waals surface area contributed by atoms with Gasteiger partial charge in [0, 0.05) is 18.5 Å². The molecule has 234 valence electrons. The van der Waals surface area contributed by atoms with E-state index in [1.54, 1.807) is 18.2 Å². The van der Waals surface area contributed by atoms with Gasteiger partial charge in [-0.25, -0.2) is 4.79 Å². The first-order chi connectivity index (χ1) is 20.8. The molecule has 0 radical (unpaired) electrons. The molecular weight excluding hydrogens is 581 g/mol. The predicted molar refractivity (Wildman–Crippen MR) is 158 cm³/mol. The van der Waals surface area contributed by atoms with E-state index in [1.807, 2.05) is 66.7 Å². The van der Waals surface area contributed by atoms with Crippen LogP contribution in [-0.4, -0.2) is 59.6 Å². The molecule has 0 aliphatic heterocycles. The van der Waals surface area contributed by atoms with E-state index in [-0.39, 0.29) is 25.3 Å². The standard InChI is InChI=1S/C28H32N6O3.C2HF3O2/c29-25(35)24(17-19-9-3-1-4-10-19)34-27(37)23(15-8-16-32-28(30)31)33-26(36)22-14-7-13-21(18-22)20-11-5-2-6-12-20;3-2(4,5)1(6)7/h1-7,9-14,18,23-24H,8,15-17H2,(H2,29,35)(H,33,36)(H,34,37)(H4,30,31,32);(H,6,7)/t23-,24+;/m1./s1. The van der Waals surface area contributed by atoms with Crippen molar-refractivity contribution >= 4 is 29.7 Å². The zero-order chi connectivity index (χ0) is 32.7. The molecule has 0 aliphatic rings. The smallest absolute Gasteiger partial charge is 0.475 e. The fourth-order valence-electron chi connectivity index (χ4n) is 3.83. The van der Waals surface area contributed by atoms with Crippen molar-refractivity contribution in [1.29, 1.82) is 0 Å². The molecule has 3 aromatic rings. The summed E-state index contributed by atoms with van der Waals surface area (Å²) in [5.41, 5.74) is 19.4. The van der Waals surface area contributed by atoms with Crippen molar-refractivity contribution < 1.29 is 37.5 Å². The topological polar surface area (TPSA) is 203 Å². The number of benzene rings is 3. The van der Waals surface area contributed by atoms with E-state index in [4.69, 9.17) is 27.1 Å². The molecule has 3 aromatic carbocycles. The number of nitrogens with two attached hydrogens (primary N) is 3. The molecule has 0 unspecified atom stereocenters. The molecule has 11 nitrogen and oxygen atoms in total. The average Bonchev–Trinajstić information content (AvgIpc) is 2.99. The molecule has 2 atom stereocenters. The average molecular weight is 615 g/mol. The number of carboxylic acid groups (broad SMARTS) is 1. The van der Waals surface area contributed by atoms with E-state index in [1.165, 1.54) is 0 Å². The van der Waals surface area contributed by atoms with Crippen molar-refractivity contribution in [2.45, 2.75) is 37.5 Å². The number of primary amides is 1. The van der Waals surface area contributed by atoms with Gasteiger partial charge in [0.15, 0.2) is 5.96 Å². The largest absolute Gasteiger partial charge is 0.490 e. The first kappa shape index (κ1) is 34.8.